The van der Waals surface area contributed by atoms with Crippen molar-refractivity contribution in [2.45, 2.75) is 39.2 Å². The van der Waals surface area contributed by atoms with Crippen LogP contribution in [0.3, 0.4) is 0 Å². The fraction of sp³-hybridized carbons (Fsp3) is 0.353. The van der Waals surface area contributed by atoms with E-state index in [1.165, 1.54) is 11.8 Å². The van der Waals surface area contributed by atoms with Gasteiger partial charge in [0.25, 0.3) is 0 Å². The van der Waals surface area contributed by atoms with Crippen LogP contribution in [-0.2, 0) is 12.0 Å². The summed E-state index contributed by atoms with van der Waals surface area (Å²) in [6.45, 7) is 7.02. The minimum Gasteiger partial charge on any atom is -0.411 e. The fourth-order valence-corrected chi connectivity index (χ4v) is 2.23. The first kappa shape index (κ1) is 15.8. The van der Waals surface area contributed by atoms with Crippen LogP contribution in [-0.4, -0.2) is 21.2 Å². The van der Waals surface area contributed by atoms with E-state index in [0.717, 1.165) is 16.8 Å². The van der Waals surface area contributed by atoms with Gasteiger partial charge in [0.15, 0.2) is 0 Å². The van der Waals surface area contributed by atoms with Gasteiger partial charge >= 0.3 is 0 Å². The predicted molar refractivity (Wildman–Crippen MR) is 86.0 cm³/mol. The highest BCUT2D eigenvalue weighted by molar-refractivity contribution is 5.88. The molecule has 0 aliphatic carbocycles. The monoisotopic (exact) mass is 296 g/mol. The smallest absolute Gasteiger partial charge is 0.101 e. The lowest BCUT2D eigenvalue weighted by molar-refractivity contribution is 0.322. The molecule has 1 aromatic carbocycles. The van der Waals surface area contributed by atoms with E-state index in [4.69, 9.17) is 10.5 Å². The van der Waals surface area contributed by atoms with E-state index in [1.807, 2.05) is 12.1 Å². The van der Waals surface area contributed by atoms with E-state index < -0.39 is 0 Å². The van der Waals surface area contributed by atoms with Crippen LogP contribution in [0.15, 0.2) is 35.6 Å². The first-order valence-corrected chi connectivity index (χ1v) is 7.18. The Bertz CT molecular complexity index is 700. The van der Waals surface area contributed by atoms with E-state index >= 15 is 0 Å². The third-order valence-electron chi connectivity index (χ3n) is 3.46. The topological polar surface area (TPSA) is 74.2 Å². The summed E-state index contributed by atoms with van der Waals surface area (Å²) in [6.07, 6.45) is 3.53. The molecule has 0 radical (unpaired) electrons. The van der Waals surface area contributed by atoms with Crippen LogP contribution in [0.2, 0.25) is 0 Å². The van der Waals surface area contributed by atoms with Crippen molar-refractivity contribution in [3.05, 3.63) is 41.6 Å². The molecule has 1 N–H and O–H groups in total. The van der Waals surface area contributed by atoms with Gasteiger partial charge in [0.2, 0.25) is 0 Å². The quantitative estimate of drug-likeness (QED) is 0.532. The second-order valence-electron chi connectivity index (χ2n) is 6.18. The van der Waals surface area contributed by atoms with Crippen molar-refractivity contribution in [2.24, 2.45) is 5.16 Å². The Hall–Kier alpha value is -2.61. The fourth-order valence-electron chi connectivity index (χ4n) is 2.23. The summed E-state index contributed by atoms with van der Waals surface area (Å²) < 4.78 is 1.70. The summed E-state index contributed by atoms with van der Waals surface area (Å²) in [7, 11) is 0. The van der Waals surface area contributed by atoms with E-state index in [0.29, 0.717) is 13.0 Å². The van der Waals surface area contributed by atoms with Crippen molar-refractivity contribution in [3.8, 4) is 17.3 Å². The summed E-state index contributed by atoms with van der Waals surface area (Å²) in [6, 6.07) is 10.3. The summed E-state index contributed by atoms with van der Waals surface area (Å²) in [5, 5.41) is 25.1. The van der Waals surface area contributed by atoms with Crippen molar-refractivity contribution in [3.63, 3.8) is 0 Å². The van der Waals surface area contributed by atoms with Gasteiger partial charge in [-0.2, -0.15) is 10.4 Å². The van der Waals surface area contributed by atoms with Crippen molar-refractivity contribution in [2.75, 3.05) is 0 Å². The molecule has 0 bridgehead atoms. The van der Waals surface area contributed by atoms with E-state index in [1.54, 1.807) is 10.9 Å². The number of nitriles is 1. The maximum Gasteiger partial charge on any atom is 0.101 e. The van der Waals surface area contributed by atoms with Gasteiger partial charge in [-0.1, -0.05) is 50.2 Å². The van der Waals surface area contributed by atoms with Gasteiger partial charge in [0.1, 0.15) is 5.69 Å². The van der Waals surface area contributed by atoms with E-state index in [2.05, 4.69) is 49.2 Å². The molecule has 0 amide bonds. The van der Waals surface area contributed by atoms with Crippen LogP contribution < -0.4 is 0 Å². The van der Waals surface area contributed by atoms with Gasteiger partial charge in [0.05, 0.1) is 25.2 Å². The molecule has 1 aromatic heterocycles. The van der Waals surface area contributed by atoms with Gasteiger partial charge in [-0.15, -0.1) is 0 Å². The number of benzene rings is 1. The lowest BCUT2D eigenvalue weighted by atomic mass is 9.86. The molecule has 0 atom stereocenters. The van der Waals surface area contributed by atoms with Crippen LogP contribution in [0.4, 0.5) is 0 Å². The molecule has 22 heavy (non-hydrogen) atoms. The number of hydrogen-bond donors (Lipinski definition) is 1. The Labute approximate surface area is 130 Å². The number of nitrogens with zero attached hydrogens (tertiary/aromatic N) is 4. The minimum atomic E-state index is 0.0973. The van der Waals surface area contributed by atoms with Crippen molar-refractivity contribution in [1.82, 2.24) is 9.78 Å². The van der Waals surface area contributed by atoms with Crippen LogP contribution >= 0.6 is 0 Å². The van der Waals surface area contributed by atoms with Crippen LogP contribution in [0, 0.1) is 11.3 Å². The molecule has 0 saturated heterocycles. The third-order valence-corrected chi connectivity index (χ3v) is 3.46. The Morgan fingerprint density at radius 2 is 2.00 bits per heavy atom. The average molecular weight is 296 g/mol. The molecule has 5 heteroatoms. The zero-order valence-electron chi connectivity index (χ0n) is 13.1. The molecule has 1 heterocycles. The van der Waals surface area contributed by atoms with Crippen molar-refractivity contribution >= 4 is 6.21 Å². The SMILES string of the molecule is CC(C)(C)c1ccc(-c2nn(CCC#N)cc2/C=N\O)cc1. The Morgan fingerprint density at radius 1 is 1.32 bits per heavy atom. The number of aryl methyl sites for hydroxylation is 1. The number of aromatic nitrogens is 2. The number of oxime groups is 1. The molecule has 2 rings (SSSR count). The van der Waals surface area contributed by atoms with Crippen LogP contribution in [0.5, 0.6) is 0 Å². The lowest BCUT2D eigenvalue weighted by Gasteiger charge is -2.19. The zero-order valence-corrected chi connectivity index (χ0v) is 13.1. The zero-order chi connectivity index (χ0) is 16.2. The molecule has 0 unspecified atom stereocenters. The lowest BCUT2D eigenvalue weighted by Crippen LogP contribution is -2.10. The Morgan fingerprint density at radius 3 is 2.55 bits per heavy atom. The Kier molecular flexibility index (Phi) is 4.62. The number of hydrogen-bond acceptors (Lipinski definition) is 4. The summed E-state index contributed by atoms with van der Waals surface area (Å²) in [5.41, 5.74) is 3.77. The molecule has 0 aliphatic heterocycles. The van der Waals surface area contributed by atoms with Gasteiger partial charge in [-0.25, -0.2) is 0 Å². The molecule has 2 aromatic rings. The standard InChI is InChI=1S/C17H20N4O/c1-17(2,3)15-7-5-13(6-8-15)16-14(11-19-22)12-21(20-16)10-4-9-18/h5-8,11-12,22H,4,10H2,1-3H3/b19-11-. The highest BCUT2D eigenvalue weighted by atomic mass is 16.4. The first-order valence-electron chi connectivity index (χ1n) is 7.18. The molecular formula is C17H20N4O. The van der Waals surface area contributed by atoms with Crippen molar-refractivity contribution in [1.29, 1.82) is 5.26 Å². The Balaban J connectivity index is 2.38. The van der Waals surface area contributed by atoms with Gasteiger partial charge in [0, 0.05) is 17.3 Å². The summed E-state index contributed by atoms with van der Waals surface area (Å²) >= 11 is 0. The van der Waals surface area contributed by atoms with Gasteiger partial charge < -0.3 is 5.21 Å². The van der Waals surface area contributed by atoms with Gasteiger partial charge in [-0.3, -0.25) is 4.68 Å². The normalized spacial score (nSPS) is 11.7. The van der Waals surface area contributed by atoms with Crippen LogP contribution in [0.1, 0.15) is 38.3 Å². The molecule has 0 fully saturated rings. The summed E-state index contributed by atoms with van der Waals surface area (Å²) in [5.74, 6) is 0. The first-order chi connectivity index (χ1) is 10.5. The molecule has 0 aliphatic rings. The second-order valence-corrected chi connectivity index (χ2v) is 6.18. The maximum absolute atomic E-state index is 8.81. The molecule has 5 nitrogen and oxygen atoms in total. The second kappa shape index (κ2) is 6.44. The molecule has 114 valence electrons. The largest absolute Gasteiger partial charge is 0.411 e. The molecular weight excluding hydrogens is 276 g/mol. The highest BCUT2D eigenvalue weighted by Gasteiger charge is 2.15. The average Bonchev–Trinajstić information content (AvgIpc) is 2.88. The minimum absolute atomic E-state index is 0.0973. The molecule has 0 spiro atoms. The molecule has 0 saturated carbocycles. The number of rotatable bonds is 4. The van der Waals surface area contributed by atoms with E-state index in [9.17, 15) is 0 Å². The summed E-state index contributed by atoms with van der Waals surface area (Å²) in [4.78, 5) is 0. The third kappa shape index (κ3) is 3.53. The highest BCUT2D eigenvalue weighted by Crippen LogP contribution is 2.26. The maximum atomic E-state index is 8.81. The van der Waals surface area contributed by atoms with Crippen molar-refractivity contribution < 1.29 is 5.21 Å². The van der Waals surface area contributed by atoms with E-state index in [-0.39, 0.29) is 5.41 Å². The predicted octanol–water partition coefficient (Wildman–Crippen LogP) is 3.57. The van der Waals surface area contributed by atoms with Crippen LogP contribution in [0.25, 0.3) is 11.3 Å². The van der Waals surface area contributed by atoms with Gasteiger partial charge in [-0.05, 0) is 11.0 Å².